The molecule has 1 heterocycles. The highest BCUT2D eigenvalue weighted by molar-refractivity contribution is 5.59. The monoisotopic (exact) mass is 242 g/mol. The molecule has 0 amide bonds. The van der Waals surface area contributed by atoms with Gasteiger partial charge in [-0.25, -0.2) is 0 Å². The third-order valence-electron chi connectivity index (χ3n) is 3.67. The number of aromatic amines is 1. The summed E-state index contributed by atoms with van der Waals surface area (Å²) in [6.07, 6.45) is 3.61. The molecule has 1 saturated carbocycles. The summed E-state index contributed by atoms with van der Waals surface area (Å²) < 4.78 is 0. The van der Waals surface area contributed by atoms with Crippen LogP contribution >= 0.6 is 0 Å². The molecule has 0 spiro atoms. The zero-order valence-electron chi connectivity index (χ0n) is 10.6. The molecule has 1 aliphatic carbocycles. The normalized spacial score (nSPS) is 16.8. The van der Waals surface area contributed by atoms with E-state index in [0.717, 1.165) is 42.6 Å². The maximum Gasteiger partial charge on any atom is 0.0923 e. The average Bonchev–Trinajstić information content (AvgIpc) is 2.92. The van der Waals surface area contributed by atoms with Crippen LogP contribution in [0.5, 0.6) is 0 Å². The number of nitrogens with one attached hydrogen (secondary N) is 1. The van der Waals surface area contributed by atoms with Gasteiger partial charge in [-0.15, -0.1) is 0 Å². The quantitative estimate of drug-likeness (QED) is 0.866. The summed E-state index contributed by atoms with van der Waals surface area (Å²) in [6.45, 7) is 2.08. The van der Waals surface area contributed by atoms with E-state index in [0.29, 0.717) is 0 Å². The Morgan fingerprint density at radius 1 is 1.28 bits per heavy atom. The summed E-state index contributed by atoms with van der Waals surface area (Å²) in [5, 5.41) is 17.2. The average molecular weight is 242 g/mol. The summed E-state index contributed by atoms with van der Waals surface area (Å²) in [5.74, 6) is 0. The van der Waals surface area contributed by atoms with Crippen molar-refractivity contribution in [1.29, 1.82) is 0 Å². The van der Waals surface area contributed by atoms with Gasteiger partial charge >= 0.3 is 0 Å². The van der Waals surface area contributed by atoms with E-state index < -0.39 is 0 Å². The van der Waals surface area contributed by atoms with Gasteiger partial charge in [-0.05, 0) is 38.7 Å². The van der Waals surface area contributed by atoms with Crippen molar-refractivity contribution in [2.75, 3.05) is 0 Å². The molecule has 18 heavy (non-hydrogen) atoms. The Kier molecular flexibility index (Phi) is 2.71. The van der Waals surface area contributed by atoms with Crippen molar-refractivity contribution in [3.05, 3.63) is 41.6 Å². The largest absolute Gasteiger partial charge is 0.390 e. The lowest BCUT2D eigenvalue weighted by Gasteiger charge is -2.04. The number of hydrogen-bond acceptors (Lipinski definition) is 2. The minimum Gasteiger partial charge on any atom is -0.390 e. The molecule has 2 aromatic rings. The van der Waals surface area contributed by atoms with Gasteiger partial charge < -0.3 is 5.11 Å². The minimum atomic E-state index is -0.380. The SMILES string of the molecule is Cc1ccc(-c2cc(CCC3(O)CC3)[nH]n2)cc1. The van der Waals surface area contributed by atoms with Crippen LogP contribution in [-0.2, 0) is 6.42 Å². The summed E-state index contributed by atoms with van der Waals surface area (Å²) in [5.41, 5.74) is 4.09. The van der Waals surface area contributed by atoms with Gasteiger partial charge in [0.2, 0.25) is 0 Å². The van der Waals surface area contributed by atoms with Gasteiger partial charge in [-0.3, -0.25) is 5.10 Å². The number of rotatable bonds is 4. The Bertz CT molecular complexity index is 538. The molecular formula is C15H18N2O. The van der Waals surface area contributed by atoms with Gasteiger partial charge in [-0.2, -0.15) is 5.10 Å². The molecule has 3 heteroatoms. The predicted molar refractivity (Wildman–Crippen MR) is 71.3 cm³/mol. The van der Waals surface area contributed by atoms with Crippen molar-refractivity contribution in [1.82, 2.24) is 10.2 Å². The fourth-order valence-electron chi connectivity index (χ4n) is 2.12. The van der Waals surface area contributed by atoms with Crippen molar-refractivity contribution in [3.8, 4) is 11.3 Å². The van der Waals surface area contributed by atoms with E-state index in [2.05, 4.69) is 47.5 Å². The van der Waals surface area contributed by atoms with Crippen LogP contribution in [-0.4, -0.2) is 20.9 Å². The van der Waals surface area contributed by atoms with E-state index in [9.17, 15) is 5.11 Å². The van der Waals surface area contributed by atoms with Crippen LogP contribution in [0.3, 0.4) is 0 Å². The molecule has 0 unspecified atom stereocenters. The maximum atomic E-state index is 9.81. The Labute approximate surface area is 107 Å². The molecule has 1 fully saturated rings. The fourth-order valence-corrected chi connectivity index (χ4v) is 2.12. The highest BCUT2D eigenvalue weighted by Gasteiger charge is 2.39. The number of aryl methyl sites for hydroxylation is 2. The molecule has 0 radical (unpaired) electrons. The number of aromatic nitrogens is 2. The zero-order valence-corrected chi connectivity index (χ0v) is 10.6. The van der Waals surface area contributed by atoms with Crippen molar-refractivity contribution >= 4 is 0 Å². The second-order valence-electron chi connectivity index (χ2n) is 5.37. The Balaban J connectivity index is 1.70. The van der Waals surface area contributed by atoms with Crippen LogP contribution in [0.15, 0.2) is 30.3 Å². The molecule has 94 valence electrons. The maximum absolute atomic E-state index is 9.81. The first-order valence-corrected chi connectivity index (χ1v) is 6.48. The van der Waals surface area contributed by atoms with E-state index in [1.165, 1.54) is 5.56 Å². The molecular weight excluding hydrogens is 224 g/mol. The Hall–Kier alpha value is -1.61. The molecule has 0 atom stereocenters. The summed E-state index contributed by atoms with van der Waals surface area (Å²) in [4.78, 5) is 0. The van der Waals surface area contributed by atoms with Crippen molar-refractivity contribution < 1.29 is 5.11 Å². The summed E-state index contributed by atoms with van der Waals surface area (Å²) in [7, 11) is 0. The molecule has 0 aliphatic heterocycles. The van der Waals surface area contributed by atoms with E-state index >= 15 is 0 Å². The smallest absolute Gasteiger partial charge is 0.0923 e. The number of H-pyrrole nitrogens is 1. The van der Waals surface area contributed by atoms with Crippen LogP contribution in [0, 0.1) is 6.92 Å². The lowest BCUT2D eigenvalue weighted by Crippen LogP contribution is -2.07. The van der Waals surface area contributed by atoms with Gasteiger partial charge in [-0.1, -0.05) is 29.8 Å². The first kappa shape index (κ1) is 11.5. The number of hydrogen-bond donors (Lipinski definition) is 2. The van der Waals surface area contributed by atoms with Gasteiger partial charge in [0.05, 0.1) is 11.3 Å². The zero-order chi connectivity index (χ0) is 12.6. The summed E-state index contributed by atoms with van der Waals surface area (Å²) >= 11 is 0. The lowest BCUT2D eigenvalue weighted by molar-refractivity contribution is 0.140. The summed E-state index contributed by atoms with van der Waals surface area (Å²) in [6, 6.07) is 10.4. The van der Waals surface area contributed by atoms with E-state index in [-0.39, 0.29) is 5.60 Å². The Morgan fingerprint density at radius 3 is 2.67 bits per heavy atom. The van der Waals surface area contributed by atoms with Crippen LogP contribution < -0.4 is 0 Å². The third-order valence-corrected chi connectivity index (χ3v) is 3.67. The second-order valence-corrected chi connectivity index (χ2v) is 5.37. The highest BCUT2D eigenvalue weighted by Crippen LogP contribution is 2.39. The lowest BCUT2D eigenvalue weighted by atomic mass is 10.1. The number of nitrogens with zero attached hydrogens (tertiary/aromatic N) is 1. The molecule has 3 rings (SSSR count). The molecule has 0 bridgehead atoms. The van der Waals surface area contributed by atoms with Crippen molar-refractivity contribution in [2.45, 2.75) is 38.2 Å². The molecule has 1 aromatic carbocycles. The number of aliphatic hydroxyl groups is 1. The van der Waals surface area contributed by atoms with Crippen LogP contribution in [0.2, 0.25) is 0 Å². The molecule has 2 N–H and O–H groups in total. The highest BCUT2D eigenvalue weighted by atomic mass is 16.3. The van der Waals surface area contributed by atoms with Gasteiger partial charge in [0, 0.05) is 11.3 Å². The standard InChI is InChI=1S/C15H18N2O/c1-11-2-4-12(5-3-11)14-10-13(16-17-14)6-7-15(18)8-9-15/h2-5,10,18H,6-9H2,1H3,(H,16,17). The van der Waals surface area contributed by atoms with E-state index in [4.69, 9.17) is 0 Å². The molecule has 0 saturated heterocycles. The van der Waals surface area contributed by atoms with Crippen molar-refractivity contribution in [2.24, 2.45) is 0 Å². The van der Waals surface area contributed by atoms with Crippen LogP contribution in [0.1, 0.15) is 30.5 Å². The minimum absolute atomic E-state index is 0.380. The first-order valence-electron chi connectivity index (χ1n) is 6.48. The topological polar surface area (TPSA) is 48.9 Å². The first-order chi connectivity index (χ1) is 8.65. The van der Waals surface area contributed by atoms with Crippen LogP contribution in [0.25, 0.3) is 11.3 Å². The number of benzene rings is 1. The van der Waals surface area contributed by atoms with E-state index in [1.54, 1.807) is 0 Å². The van der Waals surface area contributed by atoms with Crippen molar-refractivity contribution in [3.63, 3.8) is 0 Å². The van der Waals surface area contributed by atoms with Gasteiger partial charge in [0.1, 0.15) is 0 Å². The fraction of sp³-hybridized carbons (Fsp3) is 0.400. The van der Waals surface area contributed by atoms with Crippen LogP contribution in [0.4, 0.5) is 0 Å². The second kappa shape index (κ2) is 4.25. The Morgan fingerprint density at radius 2 is 2.00 bits per heavy atom. The van der Waals surface area contributed by atoms with Gasteiger partial charge in [0.15, 0.2) is 0 Å². The predicted octanol–water partition coefficient (Wildman–Crippen LogP) is 2.84. The molecule has 3 nitrogen and oxygen atoms in total. The molecule has 1 aliphatic rings. The molecule has 1 aromatic heterocycles. The van der Waals surface area contributed by atoms with Gasteiger partial charge in [0.25, 0.3) is 0 Å². The van der Waals surface area contributed by atoms with E-state index in [1.807, 2.05) is 0 Å². The third kappa shape index (κ3) is 2.46.